The van der Waals surface area contributed by atoms with Crippen molar-refractivity contribution in [2.24, 2.45) is 0 Å². The fourth-order valence-electron chi connectivity index (χ4n) is 4.46. The zero-order chi connectivity index (χ0) is 31.7. The number of carbonyl (C=O) groups is 2. The van der Waals surface area contributed by atoms with Crippen molar-refractivity contribution < 1.29 is 27.5 Å². The number of ether oxygens (including phenoxy) is 2. The predicted octanol–water partition coefficient (Wildman–Crippen LogP) is 5.69. The Balaban J connectivity index is 2.07. The summed E-state index contributed by atoms with van der Waals surface area (Å²) in [6.45, 7) is 7.18. The number of sulfonamides is 1. The number of nitrogens with zero attached hydrogens (tertiary/aromatic N) is 2. The molecule has 9 nitrogen and oxygen atoms in total. The van der Waals surface area contributed by atoms with Crippen LogP contribution in [0.5, 0.6) is 11.5 Å². The van der Waals surface area contributed by atoms with Crippen LogP contribution in [-0.2, 0) is 26.2 Å². The second kappa shape index (κ2) is 15.2. The molecule has 3 aromatic rings. The molecular weight excluding hydrogens is 634 g/mol. The first-order valence-corrected chi connectivity index (χ1v) is 16.3. The molecule has 0 fully saturated rings. The van der Waals surface area contributed by atoms with Crippen LogP contribution in [0.2, 0.25) is 0 Å². The number of methoxy groups -OCH3 is 2. The lowest BCUT2D eigenvalue weighted by atomic mass is 10.1. The summed E-state index contributed by atoms with van der Waals surface area (Å²) in [6.07, 6.45) is 1.07. The molecular formula is C32H40BrN3O6S. The summed E-state index contributed by atoms with van der Waals surface area (Å²) < 4.78 is 40.3. The van der Waals surface area contributed by atoms with Gasteiger partial charge in [-0.25, -0.2) is 8.42 Å². The Morgan fingerprint density at radius 3 is 2.12 bits per heavy atom. The van der Waals surface area contributed by atoms with Crippen molar-refractivity contribution in [2.45, 2.75) is 64.1 Å². The first kappa shape index (κ1) is 33.9. The number of amides is 2. The van der Waals surface area contributed by atoms with E-state index in [0.717, 1.165) is 21.9 Å². The van der Waals surface area contributed by atoms with E-state index < -0.39 is 28.5 Å². The van der Waals surface area contributed by atoms with Gasteiger partial charge in [-0.3, -0.25) is 13.9 Å². The maximum absolute atomic E-state index is 14.2. The van der Waals surface area contributed by atoms with Crippen LogP contribution >= 0.6 is 15.9 Å². The summed E-state index contributed by atoms with van der Waals surface area (Å²) in [5.41, 5.74) is 2.04. The van der Waals surface area contributed by atoms with E-state index in [1.807, 2.05) is 39.8 Å². The van der Waals surface area contributed by atoms with Gasteiger partial charge in [0.2, 0.25) is 11.8 Å². The Morgan fingerprint density at radius 2 is 1.58 bits per heavy atom. The average Bonchev–Trinajstić information content (AvgIpc) is 3.00. The fourth-order valence-corrected chi connectivity index (χ4v) is 6.60. The van der Waals surface area contributed by atoms with E-state index in [0.29, 0.717) is 28.1 Å². The van der Waals surface area contributed by atoms with Gasteiger partial charge in [0.25, 0.3) is 10.0 Å². The summed E-state index contributed by atoms with van der Waals surface area (Å²) in [4.78, 5) is 29.1. The van der Waals surface area contributed by atoms with Crippen LogP contribution in [0.4, 0.5) is 5.69 Å². The van der Waals surface area contributed by atoms with E-state index in [4.69, 9.17) is 9.47 Å². The van der Waals surface area contributed by atoms with Gasteiger partial charge in [-0.1, -0.05) is 43.7 Å². The van der Waals surface area contributed by atoms with Crippen molar-refractivity contribution in [3.05, 3.63) is 82.3 Å². The van der Waals surface area contributed by atoms with Gasteiger partial charge in [-0.05, 0) is 90.6 Å². The lowest BCUT2D eigenvalue weighted by Crippen LogP contribution is -2.53. The van der Waals surface area contributed by atoms with E-state index in [-0.39, 0.29) is 23.4 Å². The maximum atomic E-state index is 14.2. The van der Waals surface area contributed by atoms with E-state index >= 15 is 0 Å². The van der Waals surface area contributed by atoms with Crippen molar-refractivity contribution in [1.29, 1.82) is 0 Å². The first-order valence-electron chi connectivity index (χ1n) is 14.1. The molecule has 0 saturated carbocycles. The van der Waals surface area contributed by atoms with Crippen LogP contribution in [0, 0.1) is 6.92 Å². The minimum atomic E-state index is -4.22. The number of hydrogen-bond acceptors (Lipinski definition) is 6. The Labute approximate surface area is 263 Å². The normalized spacial score (nSPS) is 12.6. The monoisotopic (exact) mass is 673 g/mol. The molecule has 43 heavy (non-hydrogen) atoms. The van der Waals surface area contributed by atoms with Gasteiger partial charge in [0.1, 0.15) is 24.1 Å². The Morgan fingerprint density at radius 1 is 0.930 bits per heavy atom. The number of aryl methyl sites for hydroxylation is 1. The summed E-state index contributed by atoms with van der Waals surface area (Å²) in [5, 5.41) is 2.98. The van der Waals surface area contributed by atoms with Crippen LogP contribution in [0.3, 0.4) is 0 Å². The minimum absolute atomic E-state index is 0.0168. The zero-order valence-corrected chi connectivity index (χ0v) is 27.9. The molecule has 232 valence electrons. The molecule has 0 aromatic heterocycles. The van der Waals surface area contributed by atoms with Gasteiger partial charge < -0.3 is 19.7 Å². The molecule has 0 heterocycles. The molecule has 2 atom stereocenters. The van der Waals surface area contributed by atoms with Crippen LogP contribution in [0.1, 0.15) is 44.7 Å². The number of halogens is 1. The topological polar surface area (TPSA) is 105 Å². The van der Waals surface area contributed by atoms with Gasteiger partial charge >= 0.3 is 0 Å². The molecule has 0 spiro atoms. The number of anilines is 1. The highest BCUT2D eigenvalue weighted by Crippen LogP contribution is 2.31. The van der Waals surface area contributed by atoms with Crippen molar-refractivity contribution in [2.75, 3.05) is 25.1 Å². The fraction of sp³-hybridized carbons (Fsp3) is 0.375. The van der Waals surface area contributed by atoms with Crippen LogP contribution in [0.25, 0.3) is 0 Å². The second-order valence-corrected chi connectivity index (χ2v) is 13.0. The number of hydrogen-bond donors (Lipinski definition) is 1. The lowest BCUT2D eigenvalue weighted by molar-refractivity contribution is -0.140. The Hall–Kier alpha value is -3.57. The minimum Gasteiger partial charge on any atom is -0.497 e. The molecule has 0 aliphatic rings. The molecule has 0 unspecified atom stereocenters. The summed E-state index contributed by atoms with van der Waals surface area (Å²) in [7, 11) is -1.16. The lowest BCUT2D eigenvalue weighted by Gasteiger charge is -2.33. The van der Waals surface area contributed by atoms with E-state index in [1.165, 1.54) is 24.1 Å². The third-order valence-electron chi connectivity index (χ3n) is 7.21. The van der Waals surface area contributed by atoms with Gasteiger partial charge in [0.15, 0.2) is 0 Å². The standard InChI is InChI=1S/C32H40BrN3O6S/c1-7-23(4)34-32(38)29(8-2)35(20-24-11-15-26(41-5)16-12-24)31(37)21-36(25-13-9-22(3)10-14-25)43(39,40)27-17-18-30(42-6)28(33)19-27/h9-19,23,29H,7-8,20-21H2,1-6H3,(H,34,38)/t23-,29+/m1/s1. The summed E-state index contributed by atoms with van der Waals surface area (Å²) in [6, 6.07) is 17.6. The molecule has 0 aliphatic heterocycles. The molecule has 0 bridgehead atoms. The third kappa shape index (κ3) is 8.51. The SMILES string of the molecule is CC[C@@H](C)NC(=O)[C@H](CC)N(Cc1ccc(OC)cc1)C(=O)CN(c1ccc(C)cc1)S(=O)(=O)c1ccc(OC)c(Br)c1. The number of carbonyl (C=O) groups excluding carboxylic acids is 2. The van der Waals surface area contributed by atoms with E-state index in [1.54, 1.807) is 49.6 Å². The maximum Gasteiger partial charge on any atom is 0.264 e. The quantitative estimate of drug-likeness (QED) is 0.236. The predicted molar refractivity (Wildman–Crippen MR) is 172 cm³/mol. The molecule has 3 aromatic carbocycles. The van der Waals surface area contributed by atoms with Gasteiger partial charge in [-0.2, -0.15) is 0 Å². The highest BCUT2D eigenvalue weighted by molar-refractivity contribution is 9.10. The van der Waals surface area contributed by atoms with Crippen LogP contribution < -0.4 is 19.1 Å². The largest absolute Gasteiger partial charge is 0.497 e. The first-order chi connectivity index (χ1) is 20.4. The smallest absolute Gasteiger partial charge is 0.264 e. The van der Waals surface area contributed by atoms with Gasteiger partial charge in [0.05, 0.1) is 29.3 Å². The highest BCUT2D eigenvalue weighted by Gasteiger charge is 2.34. The van der Waals surface area contributed by atoms with Crippen molar-refractivity contribution in [1.82, 2.24) is 10.2 Å². The number of benzene rings is 3. The van der Waals surface area contributed by atoms with Crippen molar-refractivity contribution >= 4 is 43.5 Å². The molecule has 0 radical (unpaired) electrons. The van der Waals surface area contributed by atoms with Crippen LogP contribution in [0.15, 0.2) is 76.1 Å². The summed E-state index contributed by atoms with van der Waals surface area (Å²) >= 11 is 3.37. The van der Waals surface area contributed by atoms with Crippen molar-refractivity contribution in [3.63, 3.8) is 0 Å². The average molecular weight is 675 g/mol. The van der Waals surface area contributed by atoms with E-state index in [9.17, 15) is 18.0 Å². The molecule has 0 aliphatic carbocycles. The highest BCUT2D eigenvalue weighted by atomic mass is 79.9. The number of rotatable bonds is 14. The molecule has 3 rings (SSSR count). The molecule has 1 N–H and O–H groups in total. The Kier molecular flexibility index (Phi) is 12.0. The van der Waals surface area contributed by atoms with Gasteiger partial charge in [-0.15, -0.1) is 0 Å². The summed E-state index contributed by atoms with van der Waals surface area (Å²) in [5.74, 6) is 0.326. The van der Waals surface area contributed by atoms with Crippen molar-refractivity contribution in [3.8, 4) is 11.5 Å². The Bertz CT molecular complexity index is 1500. The molecule has 11 heteroatoms. The third-order valence-corrected chi connectivity index (χ3v) is 9.60. The van der Waals surface area contributed by atoms with Gasteiger partial charge in [0, 0.05) is 12.6 Å². The van der Waals surface area contributed by atoms with E-state index in [2.05, 4.69) is 21.2 Å². The van der Waals surface area contributed by atoms with Crippen LogP contribution in [-0.4, -0.2) is 58.0 Å². The molecule has 0 saturated heterocycles. The second-order valence-electron chi connectivity index (χ2n) is 10.3. The number of nitrogens with one attached hydrogen (secondary N) is 1. The molecule has 2 amide bonds. The zero-order valence-electron chi connectivity index (χ0n) is 25.5.